The Bertz CT molecular complexity index is 359. The lowest BCUT2D eigenvalue weighted by atomic mass is 10.3. The third-order valence-corrected chi connectivity index (χ3v) is 3.58. The number of H-pyrrole nitrogens is 1. The van der Waals surface area contributed by atoms with Crippen molar-refractivity contribution in [2.75, 3.05) is 11.5 Å². The molecule has 0 aliphatic rings. The first-order chi connectivity index (χ1) is 7.66. The van der Waals surface area contributed by atoms with Crippen molar-refractivity contribution in [2.45, 2.75) is 44.3 Å². The van der Waals surface area contributed by atoms with E-state index in [1.54, 1.807) is 16.3 Å². The Balaban J connectivity index is 2.45. The molecule has 0 aromatic carbocycles. The van der Waals surface area contributed by atoms with Crippen LogP contribution in [0.1, 0.15) is 39.2 Å². The molecular weight excluding hydrogens is 242 g/mol. The fraction of sp³-hybridized carbons (Fsp3) is 0.800. The zero-order chi connectivity index (χ0) is 12.0. The zero-order valence-corrected chi connectivity index (χ0v) is 11.5. The third-order valence-electron chi connectivity index (χ3n) is 2.22. The SMILES string of the molecule is CC(C)n1c(SCCCCCS)n[nH]c1=O. The molecule has 0 spiro atoms. The van der Waals surface area contributed by atoms with Crippen molar-refractivity contribution >= 4 is 24.4 Å². The lowest BCUT2D eigenvalue weighted by Gasteiger charge is -2.07. The number of hydrogen-bond acceptors (Lipinski definition) is 4. The number of aromatic amines is 1. The first-order valence-corrected chi connectivity index (χ1v) is 7.19. The molecule has 1 aromatic heterocycles. The van der Waals surface area contributed by atoms with Gasteiger partial charge < -0.3 is 0 Å². The average molecular weight is 261 g/mol. The van der Waals surface area contributed by atoms with Crippen LogP contribution >= 0.6 is 24.4 Å². The molecule has 0 radical (unpaired) electrons. The molecule has 0 amide bonds. The monoisotopic (exact) mass is 261 g/mol. The van der Waals surface area contributed by atoms with E-state index in [1.807, 2.05) is 13.8 Å². The van der Waals surface area contributed by atoms with Gasteiger partial charge in [0.25, 0.3) is 0 Å². The van der Waals surface area contributed by atoms with Gasteiger partial charge in [-0.1, -0.05) is 18.2 Å². The summed E-state index contributed by atoms with van der Waals surface area (Å²) in [5.41, 5.74) is -0.118. The summed E-state index contributed by atoms with van der Waals surface area (Å²) in [6.45, 7) is 3.98. The van der Waals surface area contributed by atoms with Crippen LogP contribution in [0.2, 0.25) is 0 Å². The number of nitrogens with zero attached hydrogens (tertiary/aromatic N) is 2. The van der Waals surface area contributed by atoms with Crippen LogP contribution in [0.5, 0.6) is 0 Å². The highest BCUT2D eigenvalue weighted by atomic mass is 32.2. The van der Waals surface area contributed by atoms with Gasteiger partial charge in [-0.15, -0.1) is 5.10 Å². The fourth-order valence-electron chi connectivity index (χ4n) is 1.40. The molecule has 0 saturated carbocycles. The number of rotatable bonds is 7. The molecule has 0 atom stereocenters. The van der Waals surface area contributed by atoms with E-state index in [2.05, 4.69) is 22.8 Å². The Hall–Kier alpha value is -0.360. The average Bonchev–Trinajstić information content (AvgIpc) is 2.59. The molecule has 0 fully saturated rings. The molecule has 1 heterocycles. The molecule has 0 aliphatic carbocycles. The molecular formula is C10H19N3OS2. The molecule has 0 saturated heterocycles. The van der Waals surface area contributed by atoms with Crippen molar-refractivity contribution in [1.29, 1.82) is 0 Å². The minimum Gasteiger partial charge on any atom is -0.268 e. The lowest BCUT2D eigenvalue weighted by Crippen LogP contribution is -2.19. The van der Waals surface area contributed by atoms with Crippen LogP contribution in [-0.4, -0.2) is 26.3 Å². The summed E-state index contributed by atoms with van der Waals surface area (Å²) in [4.78, 5) is 11.4. The second-order valence-electron chi connectivity index (χ2n) is 3.91. The summed E-state index contributed by atoms with van der Waals surface area (Å²) in [6, 6.07) is 0.159. The van der Waals surface area contributed by atoms with Gasteiger partial charge in [0.15, 0.2) is 5.16 Å². The Kier molecular flexibility index (Phi) is 6.05. The third kappa shape index (κ3) is 3.90. The molecule has 1 rings (SSSR count). The van der Waals surface area contributed by atoms with Crippen LogP contribution in [0.4, 0.5) is 0 Å². The molecule has 16 heavy (non-hydrogen) atoms. The highest BCUT2D eigenvalue weighted by molar-refractivity contribution is 7.99. The Labute approximate surface area is 106 Å². The van der Waals surface area contributed by atoms with Gasteiger partial charge in [0.1, 0.15) is 0 Å². The maximum absolute atomic E-state index is 11.4. The quantitative estimate of drug-likeness (QED) is 0.450. The van der Waals surface area contributed by atoms with E-state index in [-0.39, 0.29) is 11.7 Å². The fourth-order valence-corrected chi connectivity index (χ4v) is 2.70. The predicted molar refractivity (Wildman–Crippen MR) is 71.7 cm³/mol. The van der Waals surface area contributed by atoms with Gasteiger partial charge >= 0.3 is 5.69 Å². The van der Waals surface area contributed by atoms with Crippen molar-refractivity contribution in [2.24, 2.45) is 0 Å². The van der Waals surface area contributed by atoms with E-state index in [0.717, 1.165) is 29.5 Å². The summed E-state index contributed by atoms with van der Waals surface area (Å²) < 4.78 is 1.70. The van der Waals surface area contributed by atoms with Crippen LogP contribution in [0.3, 0.4) is 0 Å². The van der Waals surface area contributed by atoms with E-state index in [0.29, 0.717) is 0 Å². The molecule has 0 aliphatic heterocycles. The highest BCUT2D eigenvalue weighted by Crippen LogP contribution is 2.18. The molecule has 1 aromatic rings. The van der Waals surface area contributed by atoms with Gasteiger partial charge in [-0.25, -0.2) is 9.89 Å². The summed E-state index contributed by atoms with van der Waals surface area (Å²) in [6.07, 6.45) is 3.48. The van der Waals surface area contributed by atoms with Crippen molar-refractivity contribution in [3.63, 3.8) is 0 Å². The van der Waals surface area contributed by atoms with Crippen molar-refractivity contribution in [1.82, 2.24) is 14.8 Å². The molecule has 4 nitrogen and oxygen atoms in total. The molecule has 0 bridgehead atoms. The van der Waals surface area contributed by atoms with Crippen molar-refractivity contribution in [3.05, 3.63) is 10.5 Å². The van der Waals surface area contributed by atoms with Gasteiger partial charge in [-0.05, 0) is 32.4 Å². The van der Waals surface area contributed by atoms with Crippen LogP contribution in [0.25, 0.3) is 0 Å². The Morgan fingerprint density at radius 1 is 1.44 bits per heavy atom. The Morgan fingerprint density at radius 3 is 2.81 bits per heavy atom. The van der Waals surface area contributed by atoms with Gasteiger partial charge in [-0.2, -0.15) is 12.6 Å². The number of nitrogens with one attached hydrogen (secondary N) is 1. The van der Waals surface area contributed by atoms with Crippen molar-refractivity contribution in [3.8, 4) is 0 Å². The summed E-state index contributed by atoms with van der Waals surface area (Å²) >= 11 is 5.81. The van der Waals surface area contributed by atoms with Gasteiger partial charge in [0.05, 0.1) is 0 Å². The lowest BCUT2D eigenvalue weighted by molar-refractivity contribution is 0.534. The second-order valence-corrected chi connectivity index (χ2v) is 5.42. The van der Waals surface area contributed by atoms with Crippen molar-refractivity contribution < 1.29 is 0 Å². The van der Waals surface area contributed by atoms with E-state index in [4.69, 9.17) is 0 Å². The summed E-state index contributed by atoms with van der Waals surface area (Å²) in [5.74, 6) is 1.95. The number of hydrogen-bond donors (Lipinski definition) is 2. The van der Waals surface area contributed by atoms with Crippen LogP contribution in [-0.2, 0) is 0 Å². The van der Waals surface area contributed by atoms with Crippen LogP contribution < -0.4 is 5.69 Å². The minimum absolute atomic E-state index is 0.118. The number of unbranched alkanes of at least 4 members (excludes halogenated alkanes) is 2. The Morgan fingerprint density at radius 2 is 2.19 bits per heavy atom. The first-order valence-electron chi connectivity index (χ1n) is 5.57. The summed E-state index contributed by atoms with van der Waals surface area (Å²) in [7, 11) is 0. The highest BCUT2D eigenvalue weighted by Gasteiger charge is 2.10. The first kappa shape index (κ1) is 13.7. The predicted octanol–water partition coefficient (Wildman–Crippen LogP) is 2.34. The van der Waals surface area contributed by atoms with Gasteiger partial charge in [0, 0.05) is 11.8 Å². The normalized spacial score (nSPS) is 11.2. The topological polar surface area (TPSA) is 50.7 Å². The maximum Gasteiger partial charge on any atom is 0.344 e. The zero-order valence-electron chi connectivity index (χ0n) is 9.77. The summed E-state index contributed by atoms with van der Waals surface area (Å²) in [5, 5.41) is 7.32. The van der Waals surface area contributed by atoms with E-state index < -0.39 is 0 Å². The molecule has 0 unspecified atom stereocenters. The standard InChI is InChI=1S/C10H19N3OS2/c1-8(2)13-9(14)11-12-10(13)16-7-5-3-4-6-15/h8,15H,3-7H2,1-2H3,(H,11,14). The largest absolute Gasteiger partial charge is 0.344 e. The maximum atomic E-state index is 11.4. The van der Waals surface area contributed by atoms with Gasteiger partial charge in [0.2, 0.25) is 0 Å². The van der Waals surface area contributed by atoms with E-state index in [1.165, 1.54) is 6.42 Å². The second kappa shape index (κ2) is 7.06. The number of thiol groups is 1. The van der Waals surface area contributed by atoms with Gasteiger partial charge in [-0.3, -0.25) is 4.57 Å². The van der Waals surface area contributed by atoms with Crippen LogP contribution in [0, 0.1) is 0 Å². The molecule has 1 N–H and O–H groups in total. The van der Waals surface area contributed by atoms with E-state index in [9.17, 15) is 4.79 Å². The molecule has 92 valence electrons. The molecule has 6 heteroatoms. The number of aromatic nitrogens is 3. The number of thioether (sulfide) groups is 1. The van der Waals surface area contributed by atoms with E-state index >= 15 is 0 Å². The minimum atomic E-state index is -0.118. The van der Waals surface area contributed by atoms with Crippen LogP contribution in [0.15, 0.2) is 9.95 Å². The smallest absolute Gasteiger partial charge is 0.268 e.